The third-order valence-corrected chi connectivity index (χ3v) is 2.36. The van der Waals surface area contributed by atoms with Crippen LogP contribution in [0.2, 0.25) is 0 Å². The number of nitrogen functional groups attached to an aromatic ring is 1. The molecule has 86 valence electrons. The van der Waals surface area contributed by atoms with Crippen LogP contribution in [-0.4, -0.2) is 34.9 Å². The van der Waals surface area contributed by atoms with Gasteiger partial charge in [0, 0.05) is 6.20 Å². The average molecular weight is 232 g/mol. The molecule has 0 aliphatic rings. The van der Waals surface area contributed by atoms with E-state index in [9.17, 15) is 4.79 Å². The Labute approximate surface area is 93.7 Å². The SMILES string of the molecule is Nc1nc2[nH]cnc2c(=O)n1Cc1c[nH]nn1. The second-order valence-electron chi connectivity index (χ2n) is 3.43. The number of imidazole rings is 1. The van der Waals surface area contributed by atoms with Crippen LogP contribution in [0.1, 0.15) is 5.69 Å². The molecule has 0 atom stereocenters. The lowest BCUT2D eigenvalue weighted by molar-refractivity contribution is 0.736. The predicted octanol–water partition coefficient (Wildman–Crippen LogP) is -1.13. The highest BCUT2D eigenvalue weighted by atomic mass is 16.1. The number of hydrogen-bond acceptors (Lipinski definition) is 6. The van der Waals surface area contributed by atoms with E-state index in [1.54, 1.807) is 6.20 Å². The van der Waals surface area contributed by atoms with Crippen LogP contribution in [0.25, 0.3) is 11.2 Å². The highest BCUT2D eigenvalue weighted by molar-refractivity contribution is 5.69. The Morgan fingerprint density at radius 3 is 3.12 bits per heavy atom. The molecule has 0 aromatic carbocycles. The Bertz CT molecular complexity index is 709. The second-order valence-corrected chi connectivity index (χ2v) is 3.43. The fourth-order valence-corrected chi connectivity index (χ4v) is 1.55. The van der Waals surface area contributed by atoms with Gasteiger partial charge in [0.25, 0.3) is 5.56 Å². The normalized spacial score (nSPS) is 11.1. The molecule has 3 aromatic rings. The molecule has 17 heavy (non-hydrogen) atoms. The monoisotopic (exact) mass is 232 g/mol. The molecule has 3 aromatic heterocycles. The van der Waals surface area contributed by atoms with Gasteiger partial charge in [-0.2, -0.15) is 4.98 Å². The maximum Gasteiger partial charge on any atom is 0.283 e. The summed E-state index contributed by atoms with van der Waals surface area (Å²) in [6.45, 7) is 0.205. The molecule has 9 nitrogen and oxygen atoms in total. The van der Waals surface area contributed by atoms with Gasteiger partial charge in [0.2, 0.25) is 5.95 Å². The quantitative estimate of drug-likeness (QED) is 0.512. The highest BCUT2D eigenvalue weighted by Crippen LogP contribution is 2.05. The van der Waals surface area contributed by atoms with Gasteiger partial charge in [-0.3, -0.25) is 14.5 Å². The summed E-state index contributed by atoms with van der Waals surface area (Å²) in [4.78, 5) is 22.7. The van der Waals surface area contributed by atoms with Gasteiger partial charge >= 0.3 is 0 Å². The molecule has 0 bridgehead atoms. The van der Waals surface area contributed by atoms with Crippen molar-refractivity contribution in [2.75, 3.05) is 5.73 Å². The van der Waals surface area contributed by atoms with Crippen molar-refractivity contribution in [3.63, 3.8) is 0 Å². The summed E-state index contributed by atoms with van der Waals surface area (Å²) < 4.78 is 1.29. The molecule has 0 radical (unpaired) electrons. The van der Waals surface area contributed by atoms with E-state index in [1.165, 1.54) is 10.9 Å². The minimum Gasteiger partial charge on any atom is -0.369 e. The van der Waals surface area contributed by atoms with Gasteiger partial charge < -0.3 is 10.7 Å². The molecule has 0 saturated carbocycles. The Balaban J connectivity index is 2.18. The number of rotatable bonds is 2. The average Bonchev–Trinajstić information content (AvgIpc) is 2.94. The highest BCUT2D eigenvalue weighted by Gasteiger charge is 2.11. The third-order valence-electron chi connectivity index (χ3n) is 2.36. The van der Waals surface area contributed by atoms with Crippen molar-refractivity contribution >= 4 is 17.1 Å². The van der Waals surface area contributed by atoms with Crippen molar-refractivity contribution in [3.8, 4) is 0 Å². The first-order valence-electron chi connectivity index (χ1n) is 4.80. The summed E-state index contributed by atoms with van der Waals surface area (Å²) in [5, 5.41) is 9.90. The van der Waals surface area contributed by atoms with Crippen LogP contribution in [0.15, 0.2) is 17.3 Å². The molecular weight excluding hydrogens is 224 g/mol. The molecule has 0 saturated heterocycles. The maximum atomic E-state index is 12.0. The number of nitrogens with zero attached hydrogens (tertiary/aromatic N) is 5. The Morgan fingerprint density at radius 2 is 2.35 bits per heavy atom. The number of aromatic nitrogens is 7. The van der Waals surface area contributed by atoms with Gasteiger partial charge in [-0.25, -0.2) is 4.98 Å². The number of aromatic amines is 2. The van der Waals surface area contributed by atoms with Gasteiger partial charge in [0.05, 0.1) is 12.9 Å². The molecule has 0 fully saturated rings. The summed E-state index contributed by atoms with van der Waals surface area (Å²) in [5.41, 5.74) is 6.62. The molecule has 0 amide bonds. The van der Waals surface area contributed by atoms with E-state index >= 15 is 0 Å². The molecule has 3 heterocycles. The first-order chi connectivity index (χ1) is 8.25. The first-order valence-corrected chi connectivity index (χ1v) is 4.80. The Morgan fingerprint density at radius 1 is 1.47 bits per heavy atom. The van der Waals surface area contributed by atoms with E-state index in [-0.39, 0.29) is 23.6 Å². The number of anilines is 1. The minimum atomic E-state index is -0.309. The molecule has 3 rings (SSSR count). The van der Waals surface area contributed by atoms with Crippen molar-refractivity contribution in [2.45, 2.75) is 6.54 Å². The summed E-state index contributed by atoms with van der Waals surface area (Å²) in [6, 6.07) is 0. The van der Waals surface area contributed by atoms with Crippen molar-refractivity contribution in [1.29, 1.82) is 0 Å². The summed E-state index contributed by atoms with van der Waals surface area (Å²) in [7, 11) is 0. The van der Waals surface area contributed by atoms with E-state index in [0.29, 0.717) is 11.3 Å². The number of nitrogens with two attached hydrogens (primary N) is 1. The van der Waals surface area contributed by atoms with Gasteiger partial charge in [-0.1, -0.05) is 5.21 Å². The minimum absolute atomic E-state index is 0.106. The zero-order chi connectivity index (χ0) is 11.8. The third kappa shape index (κ3) is 1.44. The predicted molar refractivity (Wildman–Crippen MR) is 58.0 cm³/mol. The zero-order valence-corrected chi connectivity index (χ0v) is 8.58. The number of nitrogens with one attached hydrogen (secondary N) is 2. The molecule has 9 heteroatoms. The van der Waals surface area contributed by atoms with Crippen LogP contribution in [0.5, 0.6) is 0 Å². The fourth-order valence-electron chi connectivity index (χ4n) is 1.55. The summed E-state index contributed by atoms with van der Waals surface area (Å²) in [6.07, 6.45) is 2.99. The maximum absolute atomic E-state index is 12.0. The summed E-state index contributed by atoms with van der Waals surface area (Å²) >= 11 is 0. The lowest BCUT2D eigenvalue weighted by Gasteiger charge is -2.05. The molecule has 0 unspecified atom stereocenters. The lowest BCUT2D eigenvalue weighted by Crippen LogP contribution is -2.25. The van der Waals surface area contributed by atoms with Crippen molar-refractivity contribution in [3.05, 3.63) is 28.6 Å². The van der Waals surface area contributed by atoms with Crippen LogP contribution >= 0.6 is 0 Å². The molecule has 4 N–H and O–H groups in total. The topological polar surface area (TPSA) is 131 Å². The van der Waals surface area contributed by atoms with Crippen molar-refractivity contribution < 1.29 is 0 Å². The van der Waals surface area contributed by atoms with Crippen molar-refractivity contribution in [1.82, 2.24) is 34.9 Å². The molecular formula is C8H8N8O. The second kappa shape index (κ2) is 3.40. The Hall–Kier alpha value is -2.71. The van der Waals surface area contributed by atoms with Crippen LogP contribution in [0.3, 0.4) is 0 Å². The zero-order valence-electron chi connectivity index (χ0n) is 8.58. The van der Waals surface area contributed by atoms with E-state index < -0.39 is 0 Å². The smallest absolute Gasteiger partial charge is 0.283 e. The van der Waals surface area contributed by atoms with Crippen LogP contribution < -0.4 is 11.3 Å². The standard InChI is InChI=1S/C8H8N8O/c9-8-13-6-5(10-3-11-6)7(17)16(8)2-4-1-12-15-14-4/h1,3H,2H2,(H2,9,13)(H,10,11)(H,12,14,15). The van der Waals surface area contributed by atoms with Crippen LogP contribution in [0, 0.1) is 0 Å². The van der Waals surface area contributed by atoms with E-state index in [2.05, 4.69) is 30.4 Å². The van der Waals surface area contributed by atoms with Gasteiger partial charge in [0.15, 0.2) is 11.2 Å². The fraction of sp³-hybridized carbons (Fsp3) is 0.125. The lowest BCUT2D eigenvalue weighted by atomic mass is 10.4. The first kappa shape index (κ1) is 9.51. The molecule has 0 aliphatic carbocycles. The largest absolute Gasteiger partial charge is 0.369 e. The van der Waals surface area contributed by atoms with Crippen LogP contribution in [0.4, 0.5) is 5.95 Å². The van der Waals surface area contributed by atoms with Crippen molar-refractivity contribution in [2.24, 2.45) is 0 Å². The van der Waals surface area contributed by atoms with E-state index in [1.807, 2.05) is 0 Å². The summed E-state index contributed by atoms with van der Waals surface area (Å²) in [5.74, 6) is 0.106. The molecule has 0 aliphatic heterocycles. The van der Waals surface area contributed by atoms with Gasteiger partial charge in [-0.05, 0) is 0 Å². The van der Waals surface area contributed by atoms with E-state index in [0.717, 1.165) is 0 Å². The molecule has 0 spiro atoms. The van der Waals surface area contributed by atoms with Gasteiger partial charge in [-0.15, -0.1) is 5.10 Å². The van der Waals surface area contributed by atoms with Gasteiger partial charge in [0.1, 0.15) is 5.69 Å². The Kier molecular flexibility index (Phi) is 1.90. The van der Waals surface area contributed by atoms with Crippen LogP contribution in [-0.2, 0) is 6.54 Å². The number of H-pyrrole nitrogens is 2. The number of fused-ring (bicyclic) bond motifs is 1. The van der Waals surface area contributed by atoms with E-state index in [4.69, 9.17) is 5.73 Å². The number of hydrogen-bond donors (Lipinski definition) is 3.